The molecule has 1 aliphatic rings. The first-order valence-electron chi connectivity index (χ1n) is 8.42. The quantitative estimate of drug-likeness (QED) is 0.748. The zero-order valence-electron chi connectivity index (χ0n) is 13.7. The Morgan fingerprint density at radius 3 is 2.75 bits per heavy atom. The molecule has 0 bridgehead atoms. The van der Waals surface area contributed by atoms with Gasteiger partial charge in [0.25, 0.3) is 0 Å². The van der Waals surface area contributed by atoms with Crippen molar-refractivity contribution >= 4 is 17.7 Å². The number of rotatable bonds is 8. The summed E-state index contributed by atoms with van der Waals surface area (Å²) in [6, 6.07) is 8.06. The lowest BCUT2D eigenvalue weighted by atomic mass is 10.1. The fourth-order valence-corrected chi connectivity index (χ4v) is 3.66. The lowest BCUT2D eigenvalue weighted by Crippen LogP contribution is -2.33. The minimum atomic E-state index is 0.470. The van der Waals surface area contributed by atoms with Gasteiger partial charge in [-0.3, -0.25) is 9.69 Å². The van der Waals surface area contributed by atoms with Crippen molar-refractivity contribution in [3.05, 3.63) is 35.3 Å². The third-order valence-corrected chi connectivity index (χ3v) is 5.08. The lowest BCUT2D eigenvalue weighted by molar-refractivity contribution is -0.109. The van der Waals surface area contributed by atoms with Crippen molar-refractivity contribution in [2.45, 2.75) is 25.8 Å². The minimum absolute atomic E-state index is 0.470. The second kappa shape index (κ2) is 8.80. The van der Waals surface area contributed by atoms with Crippen LogP contribution in [0.3, 0.4) is 0 Å². The Labute approximate surface area is 146 Å². The van der Waals surface area contributed by atoms with E-state index in [2.05, 4.69) is 15.2 Å². The van der Waals surface area contributed by atoms with E-state index in [-0.39, 0.29) is 0 Å². The molecule has 0 radical (unpaired) electrons. The van der Waals surface area contributed by atoms with Crippen molar-refractivity contribution in [1.82, 2.24) is 15.2 Å². The Morgan fingerprint density at radius 1 is 1.21 bits per heavy atom. The maximum atomic E-state index is 10.3. The smallest absolute Gasteiger partial charge is 0.207 e. The molecule has 128 valence electrons. The number of thiazole rings is 1. The van der Waals surface area contributed by atoms with Crippen LogP contribution in [0.25, 0.3) is 10.6 Å². The number of benzene rings is 1. The van der Waals surface area contributed by atoms with Crippen LogP contribution < -0.4 is 10.1 Å². The standard InChI is InChI=1S/C18H23N3O2S/c22-14-19-12-16-13-24-18(20-16)15-4-6-17(7-5-15)23-11-10-21-8-2-1-3-9-21/h4-7,13-14H,1-3,8-12H2,(H,19,22). The number of carbonyl (C=O) groups excluding carboxylic acids is 1. The summed E-state index contributed by atoms with van der Waals surface area (Å²) in [6.07, 6.45) is 4.68. The van der Waals surface area contributed by atoms with Crippen molar-refractivity contribution < 1.29 is 9.53 Å². The number of hydrogen-bond acceptors (Lipinski definition) is 5. The Hall–Kier alpha value is -1.92. The highest BCUT2D eigenvalue weighted by Crippen LogP contribution is 2.25. The molecule has 1 amide bonds. The maximum Gasteiger partial charge on any atom is 0.207 e. The molecule has 2 heterocycles. The summed E-state index contributed by atoms with van der Waals surface area (Å²) in [5.74, 6) is 0.898. The van der Waals surface area contributed by atoms with Crippen LogP contribution in [0.5, 0.6) is 5.75 Å². The van der Waals surface area contributed by atoms with Gasteiger partial charge >= 0.3 is 0 Å². The van der Waals surface area contributed by atoms with Gasteiger partial charge in [-0.05, 0) is 50.2 Å². The van der Waals surface area contributed by atoms with E-state index in [9.17, 15) is 4.79 Å². The second-order valence-electron chi connectivity index (χ2n) is 5.92. The van der Waals surface area contributed by atoms with E-state index in [0.717, 1.165) is 35.2 Å². The number of carbonyl (C=O) groups is 1. The fraction of sp³-hybridized carbons (Fsp3) is 0.444. The van der Waals surface area contributed by atoms with Crippen LogP contribution in [-0.4, -0.2) is 42.5 Å². The van der Waals surface area contributed by atoms with Crippen LogP contribution in [0.2, 0.25) is 0 Å². The van der Waals surface area contributed by atoms with Crippen molar-refractivity contribution in [2.24, 2.45) is 0 Å². The first-order chi connectivity index (χ1) is 11.8. The van der Waals surface area contributed by atoms with Gasteiger partial charge in [-0.25, -0.2) is 4.98 Å². The Morgan fingerprint density at radius 2 is 2.00 bits per heavy atom. The molecule has 1 saturated heterocycles. The van der Waals surface area contributed by atoms with Crippen molar-refractivity contribution in [3.8, 4) is 16.3 Å². The third-order valence-electron chi connectivity index (χ3n) is 4.14. The maximum absolute atomic E-state index is 10.3. The molecule has 1 aromatic carbocycles. The molecule has 1 aliphatic heterocycles. The molecule has 0 aliphatic carbocycles. The predicted molar refractivity (Wildman–Crippen MR) is 96.2 cm³/mol. The van der Waals surface area contributed by atoms with Gasteiger partial charge in [-0.1, -0.05) is 6.42 Å². The monoisotopic (exact) mass is 345 g/mol. The number of piperidine rings is 1. The molecule has 6 heteroatoms. The number of nitrogens with zero attached hydrogens (tertiary/aromatic N) is 2. The molecule has 0 unspecified atom stereocenters. The largest absolute Gasteiger partial charge is 0.492 e. The summed E-state index contributed by atoms with van der Waals surface area (Å²) in [4.78, 5) is 17.3. The first kappa shape index (κ1) is 16.9. The van der Waals surface area contributed by atoms with Crippen LogP contribution in [-0.2, 0) is 11.3 Å². The summed E-state index contributed by atoms with van der Waals surface area (Å²) in [5.41, 5.74) is 1.95. The first-order valence-corrected chi connectivity index (χ1v) is 9.30. The van der Waals surface area contributed by atoms with Gasteiger partial charge in [0.15, 0.2) is 0 Å². The van der Waals surface area contributed by atoms with Crippen LogP contribution in [0, 0.1) is 0 Å². The van der Waals surface area contributed by atoms with E-state index in [1.807, 2.05) is 29.6 Å². The molecule has 1 fully saturated rings. The van der Waals surface area contributed by atoms with Gasteiger partial charge in [0, 0.05) is 17.5 Å². The molecule has 1 N–H and O–H groups in total. The van der Waals surface area contributed by atoms with E-state index in [0.29, 0.717) is 13.0 Å². The molecular formula is C18H23N3O2S. The Kier molecular flexibility index (Phi) is 6.20. The van der Waals surface area contributed by atoms with Gasteiger partial charge < -0.3 is 10.1 Å². The van der Waals surface area contributed by atoms with Gasteiger partial charge in [-0.15, -0.1) is 11.3 Å². The van der Waals surface area contributed by atoms with Gasteiger partial charge in [0.2, 0.25) is 6.41 Å². The Bertz CT molecular complexity index is 636. The summed E-state index contributed by atoms with van der Waals surface area (Å²) in [7, 11) is 0. The molecule has 0 spiro atoms. The second-order valence-corrected chi connectivity index (χ2v) is 6.78. The number of nitrogens with one attached hydrogen (secondary N) is 1. The van der Waals surface area contributed by atoms with E-state index in [4.69, 9.17) is 4.74 Å². The van der Waals surface area contributed by atoms with E-state index in [1.165, 1.54) is 32.4 Å². The van der Waals surface area contributed by atoms with Gasteiger partial charge in [0.1, 0.15) is 17.4 Å². The topological polar surface area (TPSA) is 54.5 Å². The van der Waals surface area contributed by atoms with Crippen LogP contribution in [0.4, 0.5) is 0 Å². The van der Waals surface area contributed by atoms with Crippen molar-refractivity contribution in [2.75, 3.05) is 26.2 Å². The van der Waals surface area contributed by atoms with Gasteiger partial charge in [-0.2, -0.15) is 0 Å². The van der Waals surface area contributed by atoms with E-state index >= 15 is 0 Å². The van der Waals surface area contributed by atoms with Crippen molar-refractivity contribution in [3.63, 3.8) is 0 Å². The molecule has 2 aromatic rings. The van der Waals surface area contributed by atoms with E-state index in [1.54, 1.807) is 11.3 Å². The number of aromatic nitrogens is 1. The molecule has 0 atom stereocenters. The summed E-state index contributed by atoms with van der Waals surface area (Å²) in [6.45, 7) is 4.61. The van der Waals surface area contributed by atoms with Crippen LogP contribution in [0.1, 0.15) is 25.0 Å². The summed E-state index contributed by atoms with van der Waals surface area (Å²) < 4.78 is 5.85. The number of amides is 1. The Balaban J connectivity index is 1.49. The number of ether oxygens (including phenoxy) is 1. The summed E-state index contributed by atoms with van der Waals surface area (Å²) in [5, 5.41) is 5.55. The van der Waals surface area contributed by atoms with Crippen LogP contribution in [0.15, 0.2) is 29.6 Å². The zero-order valence-corrected chi connectivity index (χ0v) is 14.6. The van der Waals surface area contributed by atoms with Crippen LogP contribution >= 0.6 is 11.3 Å². The highest BCUT2D eigenvalue weighted by atomic mass is 32.1. The van der Waals surface area contributed by atoms with Crippen molar-refractivity contribution in [1.29, 1.82) is 0 Å². The normalized spacial score (nSPS) is 15.2. The summed E-state index contributed by atoms with van der Waals surface area (Å²) >= 11 is 1.58. The number of hydrogen-bond donors (Lipinski definition) is 1. The molecule has 3 rings (SSSR count). The molecule has 5 nitrogen and oxygen atoms in total. The zero-order chi connectivity index (χ0) is 16.6. The molecule has 0 saturated carbocycles. The fourth-order valence-electron chi connectivity index (χ4n) is 2.84. The van der Waals surface area contributed by atoms with Gasteiger partial charge in [0.05, 0.1) is 12.2 Å². The molecule has 1 aromatic heterocycles. The highest BCUT2D eigenvalue weighted by molar-refractivity contribution is 7.13. The SMILES string of the molecule is O=CNCc1csc(-c2ccc(OCCN3CCCCC3)cc2)n1. The third kappa shape index (κ3) is 4.79. The average molecular weight is 345 g/mol. The number of likely N-dealkylation sites (tertiary alicyclic amines) is 1. The molecular weight excluding hydrogens is 322 g/mol. The average Bonchev–Trinajstić information content (AvgIpc) is 3.10. The lowest BCUT2D eigenvalue weighted by Gasteiger charge is -2.26. The minimum Gasteiger partial charge on any atom is -0.492 e. The molecule has 24 heavy (non-hydrogen) atoms. The highest BCUT2D eigenvalue weighted by Gasteiger charge is 2.09. The predicted octanol–water partition coefficient (Wildman–Crippen LogP) is 2.92. The van der Waals surface area contributed by atoms with E-state index < -0.39 is 0 Å².